The summed E-state index contributed by atoms with van der Waals surface area (Å²) in [7, 11) is 0. The van der Waals surface area contributed by atoms with Crippen LogP contribution in [-0.2, 0) is 9.47 Å². The molecule has 128 valence electrons. The van der Waals surface area contributed by atoms with Crippen LogP contribution < -0.4 is 0 Å². The van der Waals surface area contributed by atoms with Crippen molar-refractivity contribution in [2.45, 2.75) is 26.1 Å². The molecular weight excluding hydrogens is 344 g/mol. The lowest BCUT2D eigenvalue weighted by Crippen LogP contribution is -2.41. The fraction of sp³-hybridized carbons (Fsp3) is 0.529. The Bertz CT molecular complexity index is 699. The molecule has 2 aromatic rings. The highest BCUT2D eigenvalue weighted by atomic mass is 32.1. The Morgan fingerprint density at radius 2 is 2.04 bits per heavy atom. The number of nitrogens with zero attached hydrogens (tertiary/aromatic N) is 2. The third-order valence-electron chi connectivity index (χ3n) is 4.58. The van der Waals surface area contributed by atoms with E-state index in [0.29, 0.717) is 19.1 Å². The average Bonchev–Trinajstić information content (AvgIpc) is 3.35. The second-order valence-electron chi connectivity index (χ2n) is 6.15. The highest BCUT2D eigenvalue weighted by Gasteiger charge is 2.33. The van der Waals surface area contributed by atoms with Crippen LogP contribution in [0.25, 0.3) is 9.88 Å². The molecule has 7 heteroatoms. The summed E-state index contributed by atoms with van der Waals surface area (Å²) < 4.78 is 11.2. The summed E-state index contributed by atoms with van der Waals surface area (Å²) in [6.45, 7) is 4.83. The minimum Gasteiger partial charge on any atom is -0.350 e. The lowest BCUT2D eigenvalue weighted by molar-refractivity contribution is -0.0956. The number of aryl methyl sites for hydroxylation is 1. The van der Waals surface area contributed by atoms with Crippen LogP contribution in [0.4, 0.5) is 0 Å². The van der Waals surface area contributed by atoms with Crippen LogP contribution in [0.5, 0.6) is 0 Å². The summed E-state index contributed by atoms with van der Waals surface area (Å²) in [5.74, 6) is 0.514. The molecule has 5 nitrogen and oxygen atoms in total. The molecular formula is C17H20N2O3S2. The largest absolute Gasteiger partial charge is 0.350 e. The van der Waals surface area contributed by atoms with E-state index in [4.69, 9.17) is 9.47 Å². The number of amides is 1. The molecule has 0 unspecified atom stereocenters. The van der Waals surface area contributed by atoms with Crippen molar-refractivity contribution in [3.63, 3.8) is 0 Å². The highest BCUT2D eigenvalue weighted by molar-refractivity contribution is 7.22. The number of piperidine rings is 1. The first-order valence-corrected chi connectivity index (χ1v) is 9.96. The van der Waals surface area contributed by atoms with Gasteiger partial charge in [-0.25, -0.2) is 4.98 Å². The fourth-order valence-electron chi connectivity index (χ4n) is 3.27. The van der Waals surface area contributed by atoms with Gasteiger partial charge in [-0.2, -0.15) is 0 Å². The fourth-order valence-corrected chi connectivity index (χ4v) is 5.10. The van der Waals surface area contributed by atoms with Crippen molar-refractivity contribution in [1.82, 2.24) is 9.88 Å². The molecule has 0 aliphatic carbocycles. The third-order valence-corrected chi connectivity index (χ3v) is 6.77. The summed E-state index contributed by atoms with van der Waals surface area (Å²) in [5, 5.41) is 2.97. The van der Waals surface area contributed by atoms with E-state index in [2.05, 4.69) is 4.98 Å². The van der Waals surface area contributed by atoms with Crippen molar-refractivity contribution >= 4 is 28.6 Å². The van der Waals surface area contributed by atoms with Gasteiger partial charge in [-0.1, -0.05) is 6.07 Å². The van der Waals surface area contributed by atoms with E-state index < -0.39 is 0 Å². The Hall–Kier alpha value is -1.28. The number of rotatable bonds is 3. The van der Waals surface area contributed by atoms with E-state index in [9.17, 15) is 4.79 Å². The molecule has 0 spiro atoms. The Labute approximate surface area is 149 Å². The first kappa shape index (κ1) is 16.2. The summed E-state index contributed by atoms with van der Waals surface area (Å²) in [4.78, 5) is 21.3. The van der Waals surface area contributed by atoms with Gasteiger partial charge in [0.25, 0.3) is 5.91 Å². The molecule has 2 saturated heterocycles. The first-order valence-electron chi connectivity index (χ1n) is 8.26. The number of hydrogen-bond acceptors (Lipinski definition) is 6. The van der Waals surface area contributed by atoms with Crippen LogP contribution in [-0.4, -0.2) is 48.4 Å². The van der Waals surface area contributed by atoms with E-state index in [1.807, 2.05) is 29.3 Å². The topological polar surface area (TPSA) is 51.7 Å². The molecule has 0 saturated carbocycles. The van der Waals surface area contributed by atoms with Gasteiger partial charge in [-0.3, -0.25) is 4.79 Å². The van der Waals surface area contributed by atoms with Crippen LogP contribution in [0.1, 0.15) is 28.2 Å². The van der Waals surface area contributed by atoms with Crippen LogP contribution in [0.2, 0.25) is 0 Å². The average molecular weight is 364 g/mol. The molecule has 1 amide bonds. The minimum atomic E-state index is -0.0715. The zero-order valence-corrected chi connectivity index (χ0v) is 15.2. The zero-order valence-electron chi connectivity index (χ0n) is 13.6. The predicted molar refractivity (Wildman–Crippen MR) is 94.5 cm³/mol. The first-order chi connectivity index (χ1) is 11.7. The molecule has 2 fully saturated rings. The van der Waals surface area contributed by atoms with Crippen LogP contribution in [0, 0.1) is 12.8 Å². The molecule has 2 aromatic heterocycles. The zero-order chi connectivity index (χ0) is 16.5. The second kappa shape index (κ2) is 6.92. The monoisotopic (exact) mass is 364 g/mol. The van der Waals surface area contributed by atoms with E-state index >= 15 is 0 Å². The molecule has 0 bridgehead atoms. The lowest BCUT2D eigenvalue weighted by atomic mass is 9.96. The molecule has 0 N–H and O–H groups in total. The quantitative estimate of drug-likeness (QED) is 0.838. The van der Waals surface area contributed by atoms with E-state index in [-0.39, 0.29) is 12.2 Å². The molecule has 2 aliphatic heterocycles. The normalized spacial score (nSPS) is 20.0. The number of carbonyl (C=O) groups is 1. The molecule has 4 rings (SSSR count). The molecule has 0 aromatic carbocycles. The van der Waals surface area contributed by atoms with Crippen molar-refractivity contribution in [1.29, 1.82) is 0 Å². The minimum absolute atomic E-state index is 0.0715. The van der Waals surface area contributed by atoms with Gasteiger partial charge in [0, 0.05) is 19.0 Å². The smallest absolute Gasteiger partial charge is 0.265 e. The van der Waals surface area contributed by atoms with Gasteiger partial charge >= 0.3 is 0 Å². The van der Waals surface area contributed by atoms with Gasteiger partial charge in [0.15, 0.2) is 6.29 Å². The van der Waals surface area contributed by atoms with Crippen molar-refractivity contribution in [3.05, 3.63) is 28.1 Å². The van der Waals surface area contributed by atoms with E-state index in [1.165, 1.54) is 11.3 Å². The summed E-state index contributed by atoms with van der Waals surface area (Å²) >= 11 is 3.16. The standard InChI is InChI=1S/C17H20N2O3S2/c1-11-14(24-15(18-11)13-3-2-10-23-13)16(20)19-6-4-12(5-7-19)17-21-8-9-22-17/h2-3,10,12,17H,4-9H2,1H3. The molecule has 2 aliphatic rings. The van der Waals surface area contributed by atoms with Gasteiger partial charge in [0.2, 0.25) is 0 Å². The van der Waals surface area contributed by atoms with Gasteiger partial charge in [-0.15, -0.1) is 22.7 Å². The van der Waals surface area contributed by atoms with Crippen LogP contribution in [0.15, 0.2) is 17.5 Å². The summed E-state index contributed by atoms with van der Waals surface area (Å²) in [6, 6.07) is 4.06. The number of thiophene rings is 1. The number of hydrogen-bond donors (Lipinski definition) is 0. The Morgan fingerprint density at radius 1 is 1.29 bits per heavy atom. The van der Waals surface area contributed by atoms with E-state index in [0.717, 1.165) is 46.4 Å². The highest BCUT2D eigenvalue weighted by Crippen LogP contribution is 2.33. The molecule has 24 heavy (non-hydrogen) atoms. The lowest BCUT2D eigenvalue weighted by Gasteiger charge is -2.33. The van der Waals surface area contributed by atoms with Crippen LogP contribution in [0.3, 0.4) is 0 Å². The maximum atomic E-state index is 12.9. The van der Waals surface area contributed by atoms with Gasteiger partial charge in [-0.05, 0) is 31.2 Å². The third kappa shape index (κ3) is 3.13. The SMILES string of the molecule is Cc1nc(-c2cccs2)sc1C(=O)N1CCC(C2OCCO2)CC1. The molecule has 4 heterocycles. The van der Waals surface area contributed by atoms with E-state index in [1.54, 1.807) is 11.3 Å². The van der Waals surface area contributed by atoms with Gasteiger partial charge < -0.3 is 14.4 Å². The predicted octanol–water partition coefficient (Wildman–Crippen LogP) is 3.41. The number of ether oxygens (including phenoxy) is 2. The maximum absolute atomic E-state index is 12.9. The van der Waals surface area contributed by atoms with Crippen molar-refractivity contribution in [3.8, 4) is 9.88 Å². The number of aromatic nitrogens is 1. The Balaban J connectivity index is 1.43. The Morgan fingerprint density at radius 3 is 2.71 bits per heavy atom. The van der Waals surface area contributed by atoms with Crippen LogP contribution >= 0.6 is 22.7 Å². The van der Waals surface area contributed by atoms with Gasteiger partial charge in [0.1, 0.15) is 9.88 Å². The van der Waals surface area contributed by atoms with Gasteiger partial charge in [0.05, 0.1) is 23.8 Å². The summed E-state index contributed by atoms with van der Waals surface area (Å²) in [5.41, 5.74) is 0.831. The molecule has 0 radical (unpaired) electrons. The van der Waals surface area contributed by atoms with Crippen molar-refractivity contribution in [2.24, 2.45) is 5.92 Å². The number of carbonyl (C=O) groups excluding carboxylic acids is 1. The number of likely N-dealkylation sites (tertiary alicyclic amines) is 1. The van der Waals surface area contributed by atoms with Crippen molar-refractivity contribution in [2.75, 3.05) is 26.3 Å². The molecule has 0 atom stereocenters. The Kier molecular flexibility index (Phi) is 4.67. The van der Waals surface area contributed by atoms with Crippen molar-refractivity contribution < 1.29 is 14.3 Å². The maximum Gasteiger partial charge on any atom is 0.265 e. The second-order valence-corrected chi connectivity index (χ2v) is 8.10. The summed E-state index contributed by atoms with van der Waals surface area (Å²) in [6.07, 6.45) is 1.80. The number of thiazole rings is 1.